The van der Waals surface area contributed by atoms with E-state index in [4.69, 9.17) is 17.2 Å². The highest BCUT2D eigenvalue weighted by Crippen LogP contribution is 2.14. The quantitative estimate of drug-likeness (QED) is 0.0268. The van der Waals surface area contributed by atoms with Crippen molar-refractivity contribution >= 4 is 59.2 Å². The topological polar surface area (TPSA) is 377 Å². The van der Waals surface area contributed by atoms with Crippen LogP contribution < -0.4 is 49.1 Å². The molecule has 0 saturated heterocycles. The second-order valence-electron chi connectivity index (χ2n) is 14.8. The van der Waals surface area contributed by atoms with Gasteiger partial charge in [-0.05, 0) is 48.4 Å². The molecule has 0 aliphatic rings. The van der Waals surface area contributed by atoms with Gasteiger partial charge in [0.1, 0.15) is 42.0 Å². The fraction of sp³-hybridized carbons (Fsp3) is 0.450. The maximum absolute atomic E-state index is 14.2. The first kappa shape index (κ1) is 50.9. The predicted octanol–water partition coefficient (Wildman–Crippen LogP) is -2.36. The van der Waals surface area contributed by atoms with E-state index in [2.05, 4.69) is 36.9 Å². The Morgan fingerprint density at radius 3 is 1.45 bits per heavy atom. The molecule has 62 heavy (non-hydrogen) atoms. The van der Waals surface area contributed by atoms with Gasteiger partial charge in [-0.15, -0.1) is 0 Å². The number of carboxylic acids is 2. The van der Waals surface area contributed by atoms with E-state index >= 15 is 0 Å². The van der Waals surface area contributed by atoms with Crippen molar-refractivity contribution in [1.29, 1.82) is 0 Å². The molecule has 0 spiro atoms. The number of carboxylic acid groups (broad SMARTS) is 2. The molecule has 338 valence electrons. The van der Waals surface area contributed by atoms with E-state index in [1.807, 2.05) is 13.8 Å². The number of rotatable bonds is 26. The van der Waals surface area contributed by atoms with E-state index in [0.29, 0.717) is 11.1 Å². The molecule has 22 heteroatoms. The highest BCUT2D eigenvalue weighted by atomic mass is 16.4. The summed E-state index contributed by atoms with van der Waals surface area (Å²) >= 11 is 0. The number of aromatic hydroxyl groups is 1. The molecule has 0 heterocycles. The third kappa shape index (κ3) is 19.2. The summed E-state index contributed by atoms with van der Waals surface area (Å²) in [5.41, 5.74) is 17.4. The minimum atomic E-state index is -1.90. The monoisotopic (exact) mass is 868 g/mol. The summed E-state index contributed by atoms with van der Waals surface area (Å²) in [4.78, 5) is 120. The van der Waals surface area contributed by atoms with Crippen molar-refractivity contribution in [3.05, 3.63) is 65.7 Å². The lowest BCUT2D eigenvalue weighted by Gasteiger charge is -2.27. The number of aliphatic carboxylic acids is 2. The molecule has 0 radical (unpaired) electrons. The molecule has 0 saturated carbocycles. The molecule has 2 rings (SSSR count). The minimum absolute atomic E-state index is 0.0288. The van der Waals surface area contributed by atoms with Crippen LogP contribution in [0.4, 0.5) is 0 Å². The summed E-state index contributed by atoms with van der Waals surface area (Å²) in [7, 11) is 0. The van der Waals surface area contributed by atoms with Crippen LogP contribution in [0.5, 0.6) is 5.75 Å². The van der Waals surface area contributed by atoms with Crippen LogP contribution in [0, 0.1) is 5.92 Å². The number of aliphatic imine (C=N–C) groups is 1. The lowest BCUT2D eigenvalue weighted by atomic mass is 10.0. The van der Waals surface area contributed by atoms with Gasteiger partial charge in [-0.25, -0.2) is 0 Å². The van der Waals surface area contributed by atoms with Gasteiger partial charge in [-0.2, -0.15) is 0 Å². The zero-order chi connectivity index (χ0) is 46.5. The molecule has 0 unspecified atom stereocenters. The number of nitrogens with zero attached hydrogens (tertiary/aromatic N) is 1. The molecule has 15 N–H and O–H groups in total. The first-order valence-corrected chi connectivity index (χ1v) is 19.5. The summed E-state index contributed by atoms with van der Waals surface area (Å²) in [6.07, 6.45) is -2.04. The molecule has 0 aliphatic carbocycles. The number of guanidine groups is 1. The van der Waals surface area contributed by atoms with Crippen LogP contribution in [0.2, 0.25) is 0 Å². The molecule has 6 atom stereocenters. The Labute approximate surface area is 357 Å². The summed E-state index contributed by atoms with van der Waals surface area (Å²) in [6, 6.07) is 4.89. The number of nitrogens with two attached hydrogens (primary N) is 3. The number of nitrogens with one attached hydrogen (secondary N) is 6. The third-order valence-electron chi connectivity index (χ3n) is 8.95. The Morgan fingerprint density at radius 2 is 1.00 bits per heavy atom. The van der Waals surface area contributed by atoms with Gasteiger partial charge in [0.05, 0.1) is 12.8 Å². The van der Waals surface area contributed by atoms with Gasteiger partial charge in [-0.1, -0.05) is 56.3 Å². The van der Waals surface area contributed by atoms with Crippen LogP contribution >= 0.6 is 0 Å². The van der Waals surface area contributed by atoms with Crippen LogP contribution in [0.25, 0.3) is 0 Å². The maximum Gasteiger partial charge on any atom is 0.305 e. The first-order chi connectivity index (χ1) is 29.1. The average molecular weight is 869 g/mol. The van der Waals surface area contributed by atoms with Crippen LogP contribution in [-0.4, -0.2) is 117 Å². The molecular weight excluding hydrogens is 812 g/mol. The van der Waals surface area contributed by atoms with Gasteiger partial charge < -0.3 is 64.4 Å². The lowest BCUT2D eigenvalue weighted by Crippen LogP contribution is -2.60. The zero-order valence-corrected chi connectivity index (χ0v) is 34.6. The Bertz CT molecular complexity index is 1910. The predicted molar refractivity (Wildman–Crippen MR) is 222 cm³/mol. The van der Waals surface area contributed by atoms with Crippen molar-refractivity contribution in [1.82, 2.24) is 31.9 Å². The number of phenols is 1. The molecule has 0 aromatic heterocycles. The second kappa shape index (κ2) is 25.4. The Morgan fingerprint density at radius 1 is 0.581 bits per heavy atom. The van der Waals surface area contributed by atoms with Crippen LogP contribution in [-0.2, 0) is 56.0 Å². The normalized spacial score (nSPS) is 13.7. The average Bonchev–Trinajstić information content (AvgIpc) is 3.17. The van der Waals surface area contributed by atoms with Gasteiger partial charge in [0.2, 0.25) is 41.4 Å². The van der Waals surface area contributed by atoms with Crippen LogP contribution in [0.15, 0.2) is 59.6 Å². The molecule has 22 nitrogen and oxygen atoms in total. The van der Waals surface area contributed by atoms with Crippen molar-refractivity contribution < 1.29 is 58.5 Å². The summed E-state index contributed by atoms with van der Waals surface area (Å²) in [5.74, 6) is -10.0. The lowest BCUT2D eigenvalue weighted by molar-refractivity contribution is -0.143. The van der Waals surface area contributed by atoms with Gasteiger partial charge in [0.25, 0.3) is 0 Å². The minimum Gasteiger partial charge on any atom is -0.508 e. The van der Waals surface area contributed by atoms with Gasteiger partial charge in [0.15, 0.2) is 5.96 Å². The third-order valence-corrected chi connectivity index (χ3v) is 8.95. The van der Waals surface area contributed by atoms with Crippen molar-refractivity contribution in [3.63, 3.8) is 0 Å². The number of carbonyl (C=O) groups is 9. The molecule has 2 aromatic rings. The Kier molecular flexibility index (Phi) is 20.8. The smallest absolute Gasteiger partial charge is 0.305 e. The van der Waals surface area contributed by atoms with E-state index in [9.17, 15) is 58.5 Å². The number of carbonyl (C=O) groups excluding carboxylic acids is 7. The highest BCUT2D eigenvalue weighted by molar-refractivity contribution is 5.98. The fourth-order valence-corrected chi connectivity index (χ4v) is 6.00. The Balaban J connectivity index is 2.54. The SMILES string of the molecule is CC(=O)N[C@@H](CC(=O)O)C(=O)N[C@@H](CC(=O)O)C(=O)N[C@@H](Cc1ccc(O)cc1)C(=O)N[C@@H](Cc1ccccc1)C(=O)N[C@@H](CCCN=C(N)N)C(=O)N[C@@H](CC(C)C)C(N)=O. The largest absolute Gasteiger partial charge is 0.508 e. The summed E-state index contributed by atoms with van der Waals surface area (Å²) < 4.78 is 0. The summed E-state index contributed by atoms with van der Waals surface area (Å²) in [5, 5.41) is 43.2. The van der Waals surface area contributed by atoms with Crippen LogP contribution in [0.3, 0.4) is 0 Å². The van der Waals surface area contributed by atoms with Crippen LogP contribution in [0.1, 0.15) is 64.0 Å². The van der Waals surface area contributed by atoms with Crippen molar-refractivity contribution in [2.75, 3.05) is 6.54 Å². The number of phenolic OH excluding ortho intramolecular Hbond substituents is 1. The van der Waals surface area contributed by atoms with E-state index in [1.165, 1.54) is 24.3 Å². The molecule has 0 bridgehead atoms. The second-order valence-corrected chi connectivity index (χ2v) is 14.8. The fourth-order valence-electron chi connectivity index (χ4n) is 6.00. The summed E-state index contributed by atoms with van der Waals surface area (Å²) in [6.45, 7) is 4.73. The van der Waals surface area contributed by atoms with Crippen molar-refractivity contribution in [2.45, 2.75) is 102 Å². The zero-order valence-electron chi connectivity index (χ0n) is 34.6. The Hall–Kier alpha value is -7.26. The standard InChI is InChI=1S/C40H56N10O12/c1-21(2)16-27(34(41)57)47-35(58)26(10-7-15-44-40(42)43)46-36(59)28(17-23-8-5-4-6-9-23)48-37(60)29(18-24-11-13-25(52)14-12-24)49-39(62)31(20-33(55)56)50-38(61)30(19-32(53)54)45-22(3)51/h4-6,8-9,11-14,21,26-31,52H,7,10,15-20H2,1-3H3,(H2,41,57)(H,45,51)(H,46,59)(H,47,58)(H,48,60)(H,49,62)(H,50,61)(H,53,54)(H,55,56)(H4,42,43,44)/t26-,27-,28-,29-,30-,31-/m0/s1. The van der Waals surface area contributed by atoms with Crippen molar-refractivity contribution in [3.8, 4) is 5.75 Å². The number of benzene rings is 2. The molecule has 0 aliphatic heterocycles. The molecule has 0 fully saturated rings. The number of amides is 7. The van der Waals surface area contributed by atoms with Crippen molar-refractivity contribution in [2.24, 2.45) is 28.1 Å². The molecule has 2 aromatic carbocycles. The van der Waals surface area contributed by atoms with E-state index in [0.717, 1.165) is 6.92 Å². The number of hydrogen-bond donors (Lipinski definition) is 12. The van der Waals surface area contributed by atoms with Gasteiger partial charge >= 0.3 is 11.9 Å². The number of primary amides is 1. The highest BCUT2D eigenvalue weighted by Gasteiger charge is 2.34. The van der Waals surface area contributed by atoms with Gasteiger partial charge in [0, 0.05) is 26.3 Å². The van der Waals surface area contributed by atoms with Gasteiger partial charge in [-0.3, -0.25) is 48.1 Å². The van der Waals surface area contributed by atoms with E-state index in [-0.39, 0.29) is 56.3 Å². The molecular formula is C40H56N10O12. The molecule has 7 amide bonds. The maximum atomic E-state index is 14.2. The first-order valence-electron chi connectivity index (χ1n) is 19.5. The number of hydrogen-bond acceptors (Lipinski definition) is 11. The van der Waals surface area contributed by atoms with E-state index in [1.54, 1.807) is 30.3 Å². The van der Waals surface area contributed by atoms with E-state index < -0.39 is 102 Å².